The van der Waals surface area contributed by atoms with Crippen LogP contribution in [0.1, 0.15) is 20.1 Å². The summed E-state index contributed by atoms with van der Waals surface area (Å²) >= 11 is 0. The first-order chi connectivity index (χ1) is 13.6. The number of methoxy groups -OCH3 is 1. The molecule has 0 aliphatic carbocycles. The lowest BCUT2D eigenvalue weighted by Gasteiger charge is -2.36. The van der Waals surface area contributed by atoms with Crippen molar-refractivity contribution in [2.45, 2.75) is 43.9 Å². The van der Waals surface area contributed by atoms with Gasteiger partial charge in [0.05, 0.1) is 13.7 Å². The van der Waals surface area contributed by atoms with E-state index >= 15 is 0 Å². The number of nitrogen functional groups attached to an aromatic ring is 1. The molecule has 2 fully saturated rings. The molecule has 0 bridgehead atoms. The van der Waals surface area contributed by atoms with Gasteiger partial charge in [-0.05, 0) is 25.4 Å². The molecule has 0 spiro atoms. The summed E-state index contributed by atoms with van der Waals surface area (Å²) in [5.74, 6) is -0.662. The van der Waals surface area contributed by atoms with E-state index in [1.54, 1.807) is 0 Å². The molecule has 2 saturated heterocycles. The Morgan fingerprint density at radius 1 is 1.66 bits per heavy atom. The maximum atomic E-state index is 13.0. The number of nitrogens with two attached hydrogens (primary N) is 1. The van der Waals surface area contributed by atoms with Crippen LogP contribution in [0.25, 0.3) is 10.4 Å². The standard InChI is InChI=1S/C14H20N7O7P/c1-7(11(22)25-3)18-29(24)26-6-8-10(28-29)14(2,19-20-16)12(27-8)21-5-4-9(15)17-13(21)23/h4-5,7-8,10,12H,6H2,1-3H3,(H,18,24)(H2,15,17,23)/t7-,8+,10+,12?,14+,29?/m0/s1. The molecule has 2 aliphatic heterocycles. The second-order valence-electron chi connectivity index (χ2n) is 6.68. The average molecular weight is 429 g/mol. The molecular formula is C14H20N7O7P. The van der Waals surface area contributed by atoms with E-state index in [-0.39, 0.29) is 12.4 Å². The van der Waals surface area contributed by atoms with Crippen LogP contribution in [0.2, 0.25) is 0 Å². The lowest BCUT2D eigenvalue weighted by atomic mass is 9.93. The maximum Gasteiger partial charge on any atom is 0.406 e. The molecule has 3 N–H and O–H groups in total. The monoisotopic (exact) mass is 429 g/mol. The number of hydrogen-bond acceptors (Lipinski definition) is 10. The Bertz CT molecular complexity index is 964. The quantitative estimate of drug-likeness (QED) is 0.218. The Hall–Kier alpha value is -2.47. The number of nitrogens with one attached hydrogen (secondary N) is 1. The highest BCUT2D eigenvalue weighted by Crippen LogP contribution is 2.56. The van der Waals surface area contributed by atoms with Crippen LogP contribution in [0.3, 0.4) is 0 Å². The van der Waals surface area contributed by atoms with Gasteiger partial charge in [-0.15, -0.1) is 0 Å². The fraction of sp³-hybridized carbons (Fsp3) is 0.643. The third-order valence-electron chi connectivity index (χ3n) is 4.65. The van der Waals surface area contributed by atoms with Crippen molar-refractivity contribution in [3.8, 4) is 0 Å². The van der Waals surface area contributed by atoms with Crippen molar-refractivity contribution in [2.75, 3.05) is 19.5 Å². The summed E-state index contributed by atoms with van der Waals surface area (Å²) in [5.41, 5.74) is 12.4. The van der Waals surface area contributed by atoms with E-state index in [0.29, 0.717) is 0 Å². The van der Waals surface area contributed by atoms with Crippen molar-refractivity contribution in [1.29, 1.82) is 0 Å². The Balaban J connectivity index is 1.94. The summed E-state index contributed by atoms with van der Waals surface area (Å²) < 4.78 is 35.4. The van der Waals surface area contributed by atoms with E-state index in [2.05, 4.69) is 24.8 Å². The summed E-state index contributed by atoms with van der Waals surface area (Å²) in [5, 5.41) is 6.23. The second kappa shape index (κ2) is 7.75. The number of carbonyl (C=O) groups is 1. The number of carbonyl (C=O) groups excluding carboxylic acids is 1. The molecule has 158 valence electrons. The number of rotatable bonds is 5. The minimum Gasteiger partial charge on any atom is -0.468 e. The van der Waals surface area contributed by atoms with Gasteiger partial charge in [0.15, 0.2) is 6.23 Å². The summed E-state index contributed by atoms with van der Waals surface area (Å²) in [4.78, 5) is 30.4. The first-order valence-electron chi connectivity index (χ1n) is 8.48. The zero-order valence-electron chi connectivity index (χ0n) is 15.8. The van der Waals surface area contributed by atoms with E-state index in [1.807, 2.05) is 0 Å². The number of ether oxygens (including phenoxy) is 2. The number of hydrogen-bond donors (Lipinski definition) is 2. The molecule has 2 aliphatic rings. The van der Waals surface area contributed by atoms with Crippen LogP contribution in [-0.4, -0.2) is 53.0 Å². The van der Waals surface area contributed by atoms with Gasteiger partial charge >= 0.3 is 19.4 Å². The van der Waals surface area contributed by atoms with Crippen molar-refractivity contribution < 1.29 is 27.9 Å². The number of esters is 1. The minimum absolute atomic E-state index is 0.0113. The molecule has 0 saturated carbocycles. The van der Waals surface area contributed by atoms with E-state index in [0.717, 1.165) is 4.57 Å². The maximum absolute atomic E-state index is 13.0. The van der Waals surface area contributed by atoms with Crippen LogP contribution in [0.4, 0.5) is 5.82 Å². The van der Waals surface area contributed by atoms with Gasteiger partial charge in [-0.25, -0.2) is 14.4 Å². The highest BCUT2D eigenvalue weighted by molar-refractivity contribution is 7.51. The van der Waals surface area contributed by atoms with Crippen LogP contribution in [0, 0.1) is 0 Å². The van der Waals surface area contributed by atoms with Crippen LogP contribution < -0.4 is 16.5 Å². The van der Waals surface area contributed by atoms with E-state index < -0.39 is 49.4 Å². The van der Waals surface area contributed by atoms with Gasteiger partial charge in [-0.1, -0.05) is 5.11 Å². The van der Waals surface area contributed by atoms with Gasteiger partial charge in [-0.2, -0.15) is 4.98 Å². The predicted molar refractivity (Wildman–Crippen MR) is 97.4 cm³/mol. The van der Waals surface area contributed by atoms with Crippen molar-refractivity contribution in [3.63, 3.8) is 0 Å². The third-order valence-corrected chi connectivity index (χ3v) is 6.35. The summed E-state index contributed by atoms with van der Waals surface area (Å²) in [6, 6.07) is 0.389. The zero-order chi connectivity index (χ0) is 21.4. The van der Waals surface area contributed by atoms with E-state index in [9.17, 15) is 14.2 Å². The summed E-state index contributed by atoms with van der Waals surface area (Å²) in [7, 11) is -2.80. The Morgan fingerprint density at radius 2 is 2.38 bits per heavy atom. The summed E-state index contributed by atoms with van der Waals surface area (Å²) in [6.07, 6.45) is -1.64. The number of azide groups is 1. The first-order valence-corrected chi connectivity index (χ1v) is 10.0. The molecule has 6 atom stereocenters. The fourth-order valence-electron chi connectivity index (χ4n) is 3.23. The zero-order valence-corrected chi connectivity index (χ0v) is 16.7. The molecule has 0 radical (unpaired) electrons. The minimum atomic E-state index is -3.99. The Morgan fingerprint density at radius 3 is 3.00 bits per heavy atom. The molecule has 2 unspecified atom stereocenters. The van der Waals surface area contributed by atoms with Crippen molar-refractivity contribution in [2.24, 2.45) is 5.11 Å². The topological polar surface area (TPSA) is 193 Å². The number of nitrogens with zero attached hydrogens (tertiary/aromatic N) is 5. The van der Waals surface area contributed by atoms with Crippen molar-refractivity contribution in [1.82, 2.24) is 14.6 Å². The molecule has 3 heterocycles. The van der Waals surface area contributed by atoms with Gasteiger partial charge < -0.3 is 15.2 Å². The van der Waals surface area contributed by atoms with Crippen LogP contribution in [-0.2, 0) is 27.9 Å². The molecule has 15 heteroatoms. The van der Waals surface area contributed by atoms with E-state index in [1.165, 1.54) is 33.2 Å². The van der Waals surface area contributed by atoms with Crippen LogP contribution in [0.15, 0.2) is 22.2 Å². The number of fused-ring (bicyclic) bond motifs is 1. The fourth-order valence-corrected chi connectivity index (χ4v) is 5.00. The van der Waals surface area contributed by atoms with Crippen molar-refractivity contribution >= 4 is 19.5 Å². The lowest BCUT2D eigenvalue weighted by molar-refractivity contribution is -0.142. The molecule has 1 aromatic heterocycles. The van der Waals surface area contributed by atoms with Gasteiger partial charge in [-0.3, -0.25) is 18.4 Å². The van der Waals surface area contributed by atoms with Gasteiger partial charge in [0, 0.05) is 11.1 Å². The smallest absolute Gasteiger partial charge is 0.406 e. The van der Waals surface area contributed by atoms with Gasteiger partial charge in [0.25, 0.3) is 0 Å². The van der Waals surface area contributed by atoms with Crippen LogP contribution in [0.5, 0.6) is 0 Å². The van der Waals surface area contributed by atoms with Gasteiger partial charge in [0.1, 0.15) is 29.6 Å². The lowest BCUT2D eigenvalue weighted by Crippen LogP contribution is -2.49. The van der Waals surface area contributed by atoms with Crippen LogP contribution >= 0.6 is 7.75 Å². The van der Waals surface area contributed by atoms with Gasteiger partial charge in [0.2, 0.25) is 0 Å². The normalized spacial score (nSPS) is 34.7. The molecule has 0 aromatic carbocycles. The highest BCUT2D eigenvalue weighted by atomic mass is 31.2. The van der Waals surface area contributed by atoms with E-state index in [4.69, 9.17) is 25.0 Å². The molecule has 0 amide bonds. The second-order valence-corrected chi connectivity index (χ2v) is 8.40. The molecule has 14 nitrogen and oxygen atoms in total. The largest absolute Gasteiger partial charge is 0.468 e. The summed E-state index contributed by atoms with van der Waals surface area (Å²) in [6.45, 7) is 2.71. The molecular weight excluding hydrogens is 409 g/mol. The predicted octanol–water partition coefficient (Wildman–Crippen LogP) is 0.466. The number of anilines is 1. The molecule has 1 aromatic rings. The SMILES string of the molecule is COC(=O)[C@H](C)NP1(=O)OC[C@H]2OC(n3ccc(N)nc3=O)[C@](C)(N=[N+]=[N-])[C@@H]2O1. The molecule has 29 heavy (non-hydrogen) atoms. The Labute approximate surface area is 164 Å². The number of aromatic nitrogens is 2. The average Bonchev–Trinajstić information content (AvgIpc) is 2.93. The van der Waals surface area contributed by atoms with Crippen molar-refractivity contribution in [3.05, 3.63) is 33.2 Å². The highest BCUT2D eigenvalue weighted by Gasteiger charge is 2.60. The third kappa shape index (κ3) is 3.86. The molecule has 3 rings (SSSR count). The Kier molecular flexibility index (Phi) is 5.68. The first kappa shape index (κ1) is 21.2.